The van der Waals surface area contributed by atoms with Crippen LogP contribution in [0.25, 0.3) is 0 Å². The lowest BCUT2D eigenvalue weighted by Crippen LogP contribution is -2.41. The molecule has 0 bridgehead atoms. The van der Waals surface area contributed by atoms with Gasteiger partial charge >= 0.3 is 5.97 Å². The Kier molecular flexibility index (Phi) is 6.65. The highest BCUT2D eigenvalue weighted by Gasteiger charge is 2.39. The Bertz CT molecular complexity index is 363. The highest BCUT2D eigenvalue weighted by Crippen LogP contribution is 2.32. The molecule has 5 nitrogen and oxygen atoms in total. The number of carboxylic acids is 1. The first-order chi connectivity index (χ1) is 9.93. The minimum absolute atomic E-state index is 0.00393. The van der Waals surface area contributed by atoms with Crippen molar-refractivity contribution < 1.29 is 14.7 Å². The summed E-state index contributed by atoms with van der Waals surface area (Å²) in [4.78, 5) is 28.2. The van der Waals surface area contributed by atoms with Gasteiger partial charge in [-0.05, 0) is 32.4 Å². The van der Waals surface area contributed by atoms with Gasteiger partial charge in [0.25, 0.3) is 0 Å². The topological polar surface area (TPSA) is 60.9 Å². The number of carbonyl (C=O) groups excluding carboxylic acids is 1. The third-order valence-electron chi connectivity index (χ3n) is 5.14. The van der Waals surface area contributed by atoms with Gasteiger partial charge in [-0.2, -0.15) is 0 Å². The molecule has 0 aliphatic carbocycles. The molecule has 1 amide bonds. The number of rotatable bonds is 8. The van der Waals surface area contributed by atoms with Gasteiger partial charge in [0.2, 0.25) is 5.91 Å². The lowest BCUT2D eigenvalue weighted by atomic mass is 9.79. The molecule has 0 radical (unpaired) electrons. The van der Waals surface area contributed by atoms with Crippen LogP contribution in [0.5, 0.6) is 0 Å². The van der Waals surface area contributed by atoms with Gasteiger partial charge in [0.1, 0.15) is 0 Å². The van der Waals surface area contributed by atoms with Gasteiger partial charge in [-0.3, -0.25) is 14.5 Å². The van der Waals surface area contributed by atoms with Crippen LogP contribution in [0.2, 0.25) is 0 Å². The van der Waals surface area contributed by atoms with Gasteiger partial charge in [0.15, 0.2) is 0 Å². The third kappa shape index (κ3) is 3.96. The Balaban J connectivity index is 2.67. The molecule has 1 aliphatic rings. The van der Waals surface area contributed by atoms with Crippen molar-refractivity contribution in [3.05, 3.63) is 0 Å². The molecule has 1 atom stereocenters. The minimum atomic E-state index is -0.898. The first kappa shape index (κ1) is 18.0. The van der Waals surface area contributed by atoms with Crippen molar-refractivity contribution in [3.63, 3.8) is 0 Å². The van der Waals surface area contributed by atoms with Crippen molar-refractivity contribution in [3.8, 4) is 0 Å². The highest BCUT2D eigenvalue weighted by molar-refractivity contribution is 5.85. The van der Waals surface area contributed by atoms with Gasteiger partial charge in [0.05, 0.1) is 5.41 Å². The molecule has 0 aromatic heterocycles. The highest BCUT2D eigenvalue weighted by atomic mass is 16.4. The maximum atomic E-state index is 12.5. The fourth-order valence-electron chi connectivity index (χ4n) is 3.29. The summed E-state index contributed by atoms with van der Waals surface area (Å²) < 4.78 is 0. The zero-order valence-electron chi connectivity index (χ0n) is 13.9. The number of carbonyl (C=O) groups is 2. The van der Waals surface area contributed by atoms with Gasteiger partial charge < -0.3 is 10.0 Å². The normalized spacial score (nSPS) is 19.3. The lowest BCUT2D eigenvalue weighted by Gasteiger charge is -2.29. The Morgan fingerprint density at radius 3 is 2.19 bits per heavy atom. The predicted molar refractivity (Wildman–Crippen MR) is 83.2 cm³/mol. The number of hydrogen-bond donors (Lipinski definition) is 1. The molecular formula is C16H30N2O3. The molecule has 21 heavy (non-hydrogen) atoms. The molecule has 0 aromatic carbocycles. The summed E-state index contributed by atoms with van der Waals surface area (Å²) in [5.74, 6) is -0.851. The molecule has 1 fully saturated rings. The van der Waals surface area contributed by atoms with Crippen LogP contribution in [0, 0.1) is 5.41 Å². The summed E-state index contributed by atoms with van der Waals surface area (Å²) in [6.45, 7) is 11.5. The average molecular weight is 298 g/mol. The Morgan fingerprint density at radius 2 is 1.76 bits per heavy atom. The summed E-state index contributed by atoms with van der Waals surface area (Å²) in [6, 6.07) is 0.423. The van der Waals surface area contributed by atoms with E-state index in [0.29, 0.717) is 18.9 Å². The summed E-state index contributed by atoms with van der Waals surface area (Å²) in [5, 5.41) is 9.45. The molecule has 1 N–H and O–H groups in total. The van der Waals surface area contributed by atoms with Crippen LogP contribution < -0.4 is 0 Å². The molecule has 1 heterocycles. The molecule has 1 rings (SSSR count). The van der Waals surface area contributed by atoms with Gasteiger partial charge in [0, 0.05) is 25.6 Å². The second-order valence-electron chi connectivity index (χ2n) is 5.97. The number of nitrogens with zero attached hydrogens (tertiary/aromatic N) is 2. The van der Waals surface area contributed by atoms with Crippen molar-refractivity contribution in [2.75, 3.05) is 26.2 Å². The van der Waals surface area contributed by atoms with Gasteiger partial charge in [-0.1, -0.05) is 27.7 Å². The zero-order chi connectivity index (χ0) is 16.0. The SMILES string of the molecule is CCN(CC)C1CCN(C(=O)CC(CC)(CC)C(=O)O)C1. The monoisotopic (exact) mass is 298 g/mol. The summed E-state index contributed by atoms with van der Waals surface area (Å²) in [5.41, 5.74) is -0.898. The van der Waals surface area contributed by atoms with E-state index >= 15 is 0 Å². The van der Waals surface area contributed by atoms with Crippen LogP contribution in [0.3, 0.4) is 0 Å². The summed E-state index contributed by atoms with van der Waals surface area (Å²) in [6.07, 6.45) is 2.11. The molecule has 1 unspecified atom stereocenters. The van der Waals surface area contributed by atoms with Crippen molar-refractivity contribution in [2.24, 2.45) is 5.41 Å². The van der Waals surface area contributed by atoms with E-state index in [-0.39, 0.29) is 12.3 Å². The second-order valence-corrected chi connectivity index (χ2v) is 5.97. The van der Waals surface area contributed by atoms with E-state index in [1.165, 1.54) is 0 Å². The fourth-order valence-corrected chi connectivity index (χ4v) is 3.29. The molecule has 1 saturated heterocycles. The van der Waals surface area contributed by atoms with Crippen LogP contribution >= 0.6 is 0 Å². The van der Waals surface area contributed by atoms with Crippen molar-refractivity contribution in [2.45, 2.75) is 59.4 Å². The first-order valence-electron chi connectivity index (χ1n) is 8.19. The molecular weight excluding hydrogens is 268 g/mol. The molecule has 0 saturated carbocycles. The maximum absolute atomic E-state index is 12.5. The molecule has 122 valence electrons. The number of aliphatic carboxylic acids is 1. The smallest absolute Gasteiger partial charge is 0.310 e. The van der Waals surface area contributed by atoms with Crippen molar-refractivity contribution in [1.29, 1.82) is 0 Å². The van der Waals surface area contributed by atoms with Crippen LogP contribution in [-0.4, -0.2) is 59.0 Å². The van der Waals surface area contributed by atoms with Crippen molar-refractivity contribution in [1.82, 2.24) is 9.80 Å². The van der Waals surface area contributed by atoms with E-state index in [4.69, 9.17) is 0 Å². The van der Waals surface area contributed by atoms with E-state index in [9.17, 15) is 14.7 Å². The van der Waals surface area contributed by atoms with E-state index < -0.39 is 11.4 Å². The standard InChI is InChI=1S/C16H30N2O3/c1-5-16(6-2,15(20)21)11-14(19)18-10-9-13(12-18)17(7-3)8-4/h13H,5-12H2,1-4H3,(H,20,21). The van der Waals surface area contributed by atoms with Crippen LogP contribution in [-0.2, 0) is 9.59 Å². The van der Waals surface area contributed by atoms with Gasteiger partial charge in [-0.25, -0.2) is 0 Å². The number of hydrogen-bond acceptors (Lipinski definition) is 3. The molecule has 5 heteroatoms. The number of amides is 1. The minimum Gasteiger partial charge on any atom is -0.481 e. The van der Waals surface area contributed by atoms with Gasteiger partial charge in [-0.15, -0.1) is 0 Å². The second kappa shape index (κ2) is 7.78. The van der Waals surface area contributed by atoms with Crippen LogP contribution in [0.15, 0.2) is 0 Å². The van der Waals surface area contributed by atoms with Crippen molar-refractivity contribution >= 4 is 11.9 Å². The fraction of sp³-hybridized carbons (Fsp3) is 0.875. The Hall–Kier alpha value is -1.10. The summed E-state index contributed by atoms with van der Waals surface area (Å²) >= 11 is 0. The zero-order valence-corrected chi connectivity index (χ0v) is 13.9. The average Bonchev–Trinajstić information content (AvgIpc) is 2.95. The van der Waals surface area contributed by atoms with E-state index in [2.05, 4.69) is 18.7 Å². The lowest BCUT2D eigenvalue weighted by molar-refractivity contribution is -0.154. The third-order valence-corrected chi connectivity index (χ3v) is 5.14. The molecule has 0 aromatic rings. The number of likely N-dealkylation sites (N-methyl/N-ethyl adjacent to an activating group) is 1. The summed E-state index contributed by atoms with van der Waals surface area (Å²) in [7, 11) is 0. The van der Waals surface area contributed by atoms with Crippen LogP contribution in [0.4, 0.5) is 0 Å². The number of carboxylic acid groups (broad SMARTS) is 1. The number of likely N-dealkylation sites (tertiary alicyclic amines) is 1. The first-order valence-corrected chi connectivity index (χ1v) is 8.19. The largest absolute Gasteiger partial charge is 0.481 e. The molecule has 1 aliphatic heterocycles. The quantitative estimate of drug-likeness (QED) is 0.746. The van der Waals surface area contributed by atoms with E-state index in [1.54, 1.807) is 0 Å². The molecule has 0 spiro atoms. The maximum Gasteiger partial charge on any atom is 0.310 e. The van der Waals surface area contributed by atoms with Crippen LogP contribution in [0.1, 0.15) is 53.4 Å². The van der Waals surface area contributed by atoms with E-state index in [1.807, 2.05) is 18.7 Å². The Labute approximate surface area is 128 Å². The van der Waals surface area contributed by atoms with E-state index in [0.717, 1.165) is 32.6 Å². The Morgan fingerprint density at radius 1 is 1.19 bits per heavy atom. The predicted octanol–water partition coefficient (Wildman–Crippen LogP) is 2.21.